The fraction of sp³-hybridized carbons (Fsp3) is 0.240. The van der Waals surface area contributed by atoms with Gasteiger partial charge in [-0.05, 0) is 53.8 Å². The molecule has 8 nitrogen and oxygen atoms in total. The van der Waals surface area contributed by atoms with E-state index >= 15 is 0 Å². The maximum Gasteiger partial charge on any atom is 0.338 e. The smallest absolute Gasteiger partial charge is 0.338 e. The van der Waals surface area contributed by atoms with E-state index in [4.69, 9.17) is 14.2 Å². The molecule has 2 aromatic carbocycles. The van der Waals surface area contributed by atoms with Gasteiger partial charge in [0.1, 0.15) is 5.75 Å². The van der Waals surface area contributed by atoms with Gasteiger partial charge in [0.15, 0.2) is 18.1 Å². The normalized spacial score (nSPS) is 15.1. The third kappa shape index (κ3) is 4.74. The van der Waals surface area contributed by atoms with Crippen LogP contribution in [0.5, 0.6) is 17.2 Å². The second-order valence-corrected chi connectivity index (χ2v) is 8.62. The number of phenols is 1. The minimum Gasteiger partial charge on any atom is -0.508 e. The van der Waals surface area contributed by atoms with Gasteiger partial charge in [0.25, 0.3) is 5.91 Å². The molecule has 176 valence electrons. The summed E-state index contributed by atoms with van der Waals surface area (Å²) in [5.74, 6) is -0.0533. The molecule has 1 aliphatic rings. The quantitative estimate of drug-likeness (QED) is 0.506. The first-order valence-electron chi connectivity index (χ1n) is 10.5. The number of amides is 1. The van der Waals surface area contributed by atoms with Crippen LogP contribution in [0.1, 0.15) is 38.8 Å². The van der Waals surface area contributed by atoms with E-state index < -0.39 is 24.5 Å². The van der Waals surface area contributed by atoms with E-state index in [0.717, 1.165) is 16.2 Å². The van der Waals surface area contributed by atoms with Crippen molar-refractivity contribution >= 4 is 28.9 Å². The molecule has 1 aliphatic heterocycles. The average Bonchev–Trinajstić information content (AvgIpc) is 3.54. The van der Waals surface area contributed by atoms with Gasteiger partial charge in [0, 0.05) is 6.42 Å². The number of ether oxygens (including phenoxy) is 3. The van der Waals surface area contributed by atoms with Crippen molar-refractivity contribution in [3.05, 3.63) is 75.5 Å². The summed E-state index contributed by atoms with van der Waals surface area (Å²) in [5, 5.41) is 17.7. The van der Waals surface area contributed by atoms with Crippen molar-refractivity contribution in [3.8, 4) is 17.2 Å². The fourth-order valence-electron chi connectivity index (χ4n) is 3.66. The maximum absolute atomic E-state index is 13.1. The zero-order valence-electron chi connectivity index (χ0n) is 19.0. The molecular formula is C25H24N2O6S. The number of thiophene rings is 1. The molecular weight excluding hydrogens is 456 g/mol. The van der Waals surface area contributed by atoms with Crippen LogP contribution in [0.4, 0.5) is 0 Å². The van der Waals surface area contributed by atoms with Crippen LogP contribution in [-0.2, 0) is 9.53 Å². The lowest BCUT2D eigenvalue weighted by atomic mass is 10.0. The van der Waals surface area contributed by atoms with E-state index in [2.05, 4.69) is 5.10 Å². The third-order valence-electron chi connectivity index (χ3n) is 5.54. The van der Waals surface area contributed by atoms with Crippen LogP contribution >= 0.6 is 11.3 Å². The van der Waals surface area contributed by atoms with Crippen LogP contribution in [0.15, 0.2) is 59.0 Å². The Morgan fingerprint density at radius 2 is 1.91 bits per heavy atom. The molecule has 2 heterocycles. The third-order valence-corrected chi connectivity index (χ3v) is 6.45. The van der Waals surface area contributed by atoms with Gasteiger partial charge in [-0.3, -0.25) is 4.79 Å². The zero-order chi connectivity index (χ0) is 24.2. The van der Waals surface area contributed by atoms with Crippen molar-refractivity contribution in [2.45, 2.75) is 19.4 Å². The Morgan fingerprint density at radius 1 is 1.12 bits per heavy atom. The molecule has 0 bridgehead atoms. The van der Waals surface area contributed by atoms with Crippen LogP contribution in [0, 0.1) is 6.92 Å². The molecule has 1 aromatic heterocycles. The molecule has 1 N–H and O–H groups in total. The second kappa shape index (κ2) is 9.96. The first-order valence-corrected chi connectivity index (χ1v) is 11.4. The van der Waals surface area contributed by atoms with Crippen LogP contribution in [0.3, 0.4) is 0 Å². The topological polar surface area (TPSA) is 97.7 Å². The lowest BCUT2D eigenvalue weighted by Gasteiger charge is -2.22. The van der Waals surface area contributed by atoms with Crippen molar-refractivity contribution < 1.29 is 28.9 Å². The predicted molar refractivity (Wildman–Crippen MR) is 128 cm³/mol. The summed E-state index contributed by atoms with van der Waals surface area (Å²) in [6.07, 6.45) is 0.502. The predicted octanol–water partition coefficient (Wildman–Crippen LogP) is 4.31. The minimum absolute atomic E-state index is 0.0148. The van der Waals surface area contributed by atoms with E-state index in [1.807, 2.05) is 29.6 Å². The zero-order valence-corrected chi connectivity index (χ0v) is 19.8. The largest absolute Gasteiger partial charge is 0.508 e. The Kier molecular flexibility index (Phi) is 6.83. The number of carbonyl (C=O) groups excluding carboxylic acids is 2. The number of hydrogen-bond donors (Lipinski definition) is 1. The van der Waals surface area contributed by atoms with Crippen molar-refractivity contribution in [1.82, 2.24) is 5.01 Å². The highest BCUT2D eigenvalue weighted by molar-refractivity contribution is 7.12. The average molecular weight is 481 g/mol. The number of aryl methyl sites for hydroxylation is 1. The Morgan fingerprint density at radius 3 is 2.59 bits per heavy atom. The second-order valence-electron chi connectivity index (χ2n) is 7.67. The number of methoxy groups -OCH3 is 2. The lowest BCUT2D eigenvalue weighted by Crippen LogP contribution is -2.31. The number of benzene rings is 2. The van der Waals surface area contributed by atoms with E-state index in [0.29, 0.717) is 23.5 Å². The number of hydrazone groups is 1. The summed E-state index contributed by atoms with van der Waals surface area (Å²) in [5.41, 5.74) is 2.39. The Hall–Kier alpha value is -3.85. The number of nitrogens with zero attached hydrogens (tertiary/aromatic N) is 2. The van der Waals surface area contributed by atoms with Gasteiger partial charge < -0.3 is 19.3 Å². The molecule has 4 rings (SSSR count). The van der Waals surface area contributed by atoms with E-state index in [9.17, 15) is 14.7 Å². The monoisotopic (exact) mass is 480 g/mol. The first kappa shape index (κ1) is 23.3. The highest BCUT2D eigenvalue weighted by Crippen LogP contribution is 2.38. The number of esters is 1. The molecule has 0 saturated carbocycles. The first-order chi connectivity index (χ1) is 16.4. The van der Waals surface area contributed by atoms with Gasteiger partial charge in [0.05, 0.1) is 36.4 Å². The summed E-state index contributed by atoms with van der Waals surface area (Å²) >= 11 is 1.54. The Labute approximate surface area is 201 Å². The van der Waals surface area contributed by atoms with Crippen LogP contribution < -0.4 is 9.47 Å². The SMILES string of the molecule is COc1ccc(C2CC(c3cccs3)=NN2C(=O)COC(=O)c2ccc(C)c(O)c2)cc1OC. The van der Waals surface area contributed by atoms with Crippen LogP contribution in [-0.4, -0.2) is 48.5 Å². The van der Waals surface area contributed by atoms with Crippen molar-refractivity contribution in [3.63, 3.8) is 0 Å². The summed E-state index contributed by atoms with van der Waals surface area (Å²) in [6.45, 7) is 1.23. The molecule has 1 unspecified atom stereocenters. The van der Waals surface area contributed by atoms with Crippen molar-refractivity contribution in [2.24, 2.45) is 5.10 Å². The van der Waals surface area contributed by atoms with Gasteiger partial charge >= 0.3 is 5.97 Å². The van der Waals surface area contributed by atoms with Gasteiger partial charge in [-0.15, -0.1) is 11.3 Å². The van der Waals surface area contributed by atoms with Crippen LogP contribution in [0.2, 0.25) is 0 Å². The molecule has 0 radical (unpaired) electrons. The number of carbonyl (C=O) groups is 2. The Bertz CT molecular complexity index is 1240. The highest BCUT2D eigenvalue weighted by atomic mass is 32.1. The summed E-state index contributed by atoms with van der Waals surface area (Å²) < 4.78 is 16.0. The van der Waals surface area contributed by atoms with Gasteiger partial charge in [0.2, 0.25) is 0 Å². The summed E-state index contributed by atoms with van der Waals surface area (Å²) in [4.78, 5) is 26.5. The fourth-order valence-corrected chi connectivity index (χ4v) is 4.39. The summed E-state index contributed by atoms with van der Waals surface area (Å²) in [6, 6.07) is 13.4. The maximum atomic E-state index is 13.1. The molecule has 0 spiro atoms. The molecule has 0 aliphatic carbocycles. The van der Waals surface area contributed by atoms with Gasteiger partial charge in [-0.2, -0.15) is 5.10 Å². The van der Waals surface area contributed by atoms with E-state index in [1.165, 1.54) is 17.1 Å². The molecule has 0 saturated heterocycles. The molecule has 3 aromatic rings. The van der Waals surface area contributed by atoms with Crippen LogP contribution in [0.25, 0.3) is 0 Å². The van der Waals surface area contributed by atoms with E-state index in [1.54, 1.807) is 44.6 Å². The molecule has 0 fully saturated rings. The molecule has 1 amide bonds. The van der Waals surface area contributed by atoms with Crippen molar-refractivity contribution in [1.29, 1.82) is 0 Å². The molecule has 1 atom stereocenters. The lowest BCUT2D eigenvalue weighted by molar-refractivity contribution is -0.136. The number of rotatable bonds is 7. The van der Waals surface area contributed by atoms with Gasteiger partial charge in [-0.1, -0.05) is 18.2 Å². The number of phenolic OH excluding ortho intramolecular Hbond substituents is 1. The standard InChI is InChI=1S/C25H24N2O6S/c1-15-6-7-17(11-20(15)28)25(30)33-14-24(29)27-19(13-18(26-27)23-5-4-10-34-23)16-8-9-21(31-2)22(12-16)32-3/h4-12,19,28H,13-14H2,1-3H3. The number of hydrogen-bond acceptors (Lipinski definition) is 8. The number of aromatic hydroxyl groups is 1. The Balaban J connectivity index is 1.56. The van der Waals surface area contributed by atoms with E-state index in [-0.39, 0.29) is 11.3 Å². The molecule has 34 heavy (non-hydrogen) atoms. The van der Waals surface area contributed by atoms with Gasteiger partial charge in [-0.25, -0.2) is 9.80 Å². The van der Waals surface area contributed by atoms with Crippen molar-refractivity contribution in [2.75, 3.05) is 20.8 Å². The molecule has 9 heteroatoms. The highest BCUT2D eigenvalue weighted by Gasteiger charge is 2.34. The summed E-state index contributed by atoms with van der Waals surface area (Å²) in [7, 11) is 3.11. The minimum atomic E-state index is -0.701.